The van der Waals surface area contributed by atoms with Crippen LogP contribution in [0.5, 0.6) is 0 Å². The van der Waals surface area contributed by atoms with E-state index in [2.05, 4.69) is 10.3 Å². The van der Waals surface area contributed by atoms with Crippen molar-refractivity contribution in [3.05, 3.63) is 29.9 Å². The summed E-state index contributed by atoms with van der Waals surface area (Å²) in [6, 6.07) is 3.96. The van der Waals surface area contributed by atoms with Crippen molar-refractivity contribution in [2.24, 2.45) is 0 Å². The lowest BCUT2D eigenvalue weighted by molar-refractivity contribution is -0.121. The third-order valence-electron chi connectivity index (χ3n) is 2.40. The number of nitrogens with one attached hydrogen (secondary N) is 1. The molecule has 2 heterocycles. The van der Waals surface area contributed by atoms with E-state index in [4.69, 9.17) is 4.74 Å². The van der Waals surface area contributed by atoms with Crippen molar-refractivity contribution in [3.8, 4) is 10.7 Å². The number of nitrogens with zero attached hydrogens (tertiary/aromatic N) is 2. The van der Waals surface area contributed by atoms with Gasteiger partial charge in [0.25, 0.3) is 0 Å². The number of hydrogen-bond donors (Lipinski definition) is 1. The number of hydrogen-bond acceptors (Lipinski definition) is 4. The molecular formula is C12H15N3O2S. The summed E-state index contributed by atoms with van der Waals surface area (Å²) in [5, 5.41) is 4.78. The van der Waals surface area contributed by atoms with Crippen molar-refractivity contribution in [1.82, 2.24) is 14.9 Å². The van der Waals surface area contributed by atoms with Crippen molar-refractivity contribution >= 4 is 17.2 Å². The Morgan fingerprint density at radius 2 is 2.50 bits per heavy atom. The number of thiophene rings is 1. The van der Waals surface area contributed by atoms with Gasteiger partial charge < -0.3 is 14.6 Å². The monoisotopic (exact) mass is 265 g/mol. The van der Waals surface area contributed by atoms with Gasteiger partial charge in [-0.2, -0.15) is 0 Å². The second-order valence-corrected chi connectivity index (χ2v) is 4.65. The van der Waals surface area contributed by atoms with E-state index < -0.39 is 0 Å². The summed E-state index contributed by atoms with van der Waals surface area (Å²) in [6.45, 7) is 1.32. The molecule has 0 aliphatic carbocycles. The van der Waals surface area contributed by atoms with E-state index in [0.29, 0.717) is 13.2 Å². The molecule has 0 saturated heterocycles. The van der Waals surface area contributed by atoms with Crippen LogP contribution in [0.1, 0.15) is 0 Å². The molecule has 96 valence electrons. The summed E-state index contributed by atoms with van der Waals surface area (Å²) >= 11 is 1.61. The van der Waals surface area contributed by atoms with Crippen LogP contribution in [-0.4, -0.2) is 35.7 Å². The average molecular weight is 265 g/mol. The molecule has 1 N–H and O–H groups in total. The summed E-state index contributed by atoms with van der Waals surface area (Å²) < 4.78 is 6.72. The maximum atomic E-state index is 11.7. The zero-order chi connectivity index (χ0) is 12.8. The van der Waals surface area contributed by atoms with Gasteiger partial charge in [0.2, 0.25) is 5.91 Å². The van der Waals surface area contributed by atoms with Crippen molar-refractivity contribution in [2.45, 2.75) is 6.54 Å². The first-order chi connectivity index (χ1) is 8.81. The topological polar surface area (TPSA) is 56.1 Å². The van der Waals surface area contributed by atoms with Crippen molar-refractivity contribution in [1.29, 1.82) is 0 Å². The van der Waals surface area contributed by atoms with E-state index in [9.17, 15) is 4.79 Å². The molecule has 2 rings (SSSR count). The number of imidazole rings is 1. The van der Waals surface area contributed by atoms with Gasteiger partial charge >= 0.3 is 0 Å². The number of carbonyl (C=O) groups excluding carboxylic acids is 1. The molecule has 1 amide bonds. The van der Waals surface area contributed by atoms with E-state index in [1.165, 1.54) is 0 Å². The number of amides is 1. The van der Waals surface area contributed by atoms with Crippen LogP contribution in [0.2, 0.25) is 0 Å². The summed E-state index contributed by atoms with van der Waals surface area (Å²) in [4.78, 5) is 17.0. The fourth-order valence-electron chi connectivity index (χ4n) is 1.57. The highest BCUT2D eigenvalue weighted by atomic mass is 32.1. The van der Waals surface area contributed by atoms with Gasteiger partial charge in [0, 0.05) is 26.0 Å². The Morgan fingerprint density at radius 1 is 1.61 bits per heavy atom. The third kappa shape index (κ3) is 3.18. The molecule has 0 bridgehead atoms. The van der Waals surface area contributed by atoms with Crippen LogP contribution in [0.3, 0.4) is 0 Å². The molecule has 2 aromatic rings. The smallest absolute Gasteiger partial charge is 0.240 e. The SMILES string of the molecule is COCCNC(=O)Cn1ccnc1-c1cccs1. The van der Waals surface area contributed by atoms with Crippen LogP contribution in [0, 0.1) is 0 Å². The van der Waals surface area contributed by atoms with Crippen LogP contribution in [0.4, 0.5) is 0 Å². The quantitative estimate of drug-likeness (QED) is 0.803. The van der Waals surface area contributed by atoms with Crippen molar-refractivity contribution < 1.29 is 9.53 Å². The Balaban J connectivity index is 1.98. The van der Waals surface area contributed by atoms with Crippen LogP contribution in [0.25, 0.3) is 10.7 Å². The van der Waals surface area contributed by atoms with Gasteiger partial charge in [-0.25, -0.2) is 4.98 Å². The Hall–Kier alpha value is -1.66. The second kappa shape index (κ2) is 6.32. The normalized spacial score (nSPS) is 10.5. The highest BCUT2D eigenvalue weighted by Crippen LogP contribution is 2.22. The van der Waals surface area contributed by atoms with Crippen molar-refractivity contribution in [2.75, 3.05) is 20.3 Å². The van der Waals surface area contributed by atoms with E-state index in [1.54, 1.807) is 24.6 Å². The van der Waals surface area contributed by atoms with Crippen LogP contribution in [-0.2, 0) is 16.1 Å². The summed E-state index contributed by atoms with van der Waals surface area (Å²) in [5.74, 6) is 0.787. The Kier molecular flexibility index (Phi) is 4.49. The van der Waals surface area contributed by atoms with E-state index in [1.807, 2.05) is 28.3 Å². The van der Waals surface area contributed by atoms with E-state index >= 15 is 0 Å². The van der Waals surface area contributed by atoms with Gasteiger partial charge in [-0.15, -0.1) is 11.3 Å². The Labute approximate surface area is 109 Å². The first kappa shape index (κ1) is 12.8. The molecule has 18 heavy (non-hydrogen) atoms. The lowest BCUT2D eigenvalue weighted by atomic mass is 10.4. The second-order valence-electron chi connectivity index (χ2n) is 3.70. The van der Waals surface area contributed by atoms with Gasteiger partial charge in [0.05, 0.1) is 11.5 Å². The lowest BCUT2D eigenvalue weighted by Crippen LogP contribution is -2.30. The molecule has 5 nitrogen and oxygen atoms in total. The highest BCUT2D eigenvalue weighted by Gasteiger charge is 2.09. The van der Waals surface area contributed by atoms with Gasteiger partial charge in [-0.1, -0.05) is 6.07 Å². The van der Waals surface area contributed by atoms with E-state index in [0.717, 1.165) is 10.7 Å². The first-order valence-electron chi connectivity index (χ1n) is 5.62. The standard InChI is InChI=1S/C12H15N3O2S/c1-17-7-5-13-11(16)9-15-6-4-14-12(15)10-3-2-8-18-10/h2-4,6,8H,5,7,9H2,1H3,(H,13,16). The minimum atomic E-state index is -0.0390. The van der Waals surface area contributed by atoms with Crippen LogP contribution < -0.4 is 5.32 Å². The predicted octanol–water partition coefficient (Wildman–Crippen LogP) is 1.37. The van der Waals surface area contributed by atoms with Gasteiger partial charge in [0.15, 0.2) is 0 Å². The maximum Gasteiger partial charge on any atom is 0.240 e. The molecule has 0 atom stereocenters. The Morgan fingerprint density at radius 3 is 3.22 bits per heavy atom. The molecule has 0 aliphatic rings. The molecule has 0 spiro atoms. The van der Waals surface area contributed by atoms with E-state index in [-0.39, 0.29) is 12.5 Å². The minimum Gasteiger partial charge on any atom is -0.383 e. The Bertz CT molecular complexity index is 493. The van der Waals surface area contributed by atoms with Gasteiger partial charge in [-0.3, -0.25) is 4.79 Å². The minimum absolute atomic E-state index is 0.0390. The highest BCUT2D eigenvalue weighted by molar-refractivity contribution is 7.13. The molecule has 0 saturated carbocycles. The number of carbonyl (C=O) groups is 1. The molecule has 0 aliphatic heterocycles. The van der Waals surface area contributed by atoms with Gasteiger partial charge in [0.1, 0.15) is 12.4 Å². The largest absolute Gasteiger partial charge is 0.383 e. The number of methoxy groups -OCH3 is 1. The average Bonchev–Trinajstić information content (AvgIpc) is 2.99. The van der Waals surface area contributed by atoms with Crippen LogP contribution >= 0.6 is 11.3 Å². The summed E-state index contributed by atoms with van der Waals surface area (Å²) in [6.07, 6.45) is 3.52. The summed E-state index contributed by atoms with van der Waals surface area (Å²) in [5.41, 5.74) is 0. The fraction of sp³-hybridized carbons (Fsp3) is 0.333. The molecule has 6 heteroatoms. The first-order valence-corrected chi connectivity index (χ1v) is 6.50. The predicted molar refractivity (Wildman–Crippen MR) is 70.4 cm³/mol. The molecule has 0 aromatic carbocycles. The third-order valence-corrected chi connectivity index (χ3v) is 3.27. The lowest BCUT2D eigenvalue weighted by Gasteiger charge is -2.07. The molecule has 0 radical (unpaired) electrons. The van der Waals surface area contributed by atoms with Crippen molar-refractivity contribution in [3.63, 3.8) is 0 Å². The number of aromatic nitrogens is 2. The van der Waals surface area contributed by atoms with Gasteiger partial charge in [-0.05, 0) is 11.4 Å². The number of rotatable bonds is 6. The molecule has 0 fully saturated rings. The molecular weight excluding hydrogens is 250 g/mol. The van der Waals surface area contributed by atoms with Crippen LogP contribution in [0.15, 0.2) is 29.9 Å². The maximum absolute atomic E-state index is 11.7. The zero-order valence-electron chi connectivity index (χ0n) is 10.1. The fourth-order valence-corrected chi connectivity index (χ4v) is 2.31. The molecule has 2 aromatic heterocycles. The zero-order valence-corrected chi connectivity index (χ0v) is 10.9. The molecule has 0 unspecified atom stereocenters. The number of ether oxygens (including phenoxy) is 1. The summed E-state index contributed by atoms with van der Waals surface area (Å²) in [7, 11) is 1.61.